The van der Waals surface area contributed by atoms with Crippen LogP contribution in [0.3, 0.4) is 0 Å². The Balaban J connectivity index is 1.91. The lowest BCUT2D eigenvalue weighted by molar-refractivity contribution is 0.338. The van der Waals surface area contributed by atoms with Crippen molar-refractivity contribution in [1.82, 2.24) is 10.3 Å². The Bertz CT molecular complexity index is 766. The Labute approximate surface area is 160 Å². The van der Waals surface area contributed by atoms with Crippen LogP contribution in [0.5, 0.6) is 0 Å². The molecule has 0 bridgehead atoms. The molecule has 1 atom stereocenters. The highest BCUT2D eigenvalue weighted by Gasteiger charge is 2.34. The highest BCUT2D eigenvalue weighted by Crippen LogP contribution is 2.45. The van der Waals surface area contributed by atoms with Gasteiger partial charge in [-0.1, -0.05) is 22.0 Å². The third-order valence-electron chi connectivity index (χ3n) is 5.45. The highest BCUT2D eigenvalue weighted by atomic mass is 79.9. The molecule has 1 aromatic heterocycles. The van der Waals surface area contributed by atoms with E-state index in [0.717, 1.165) is 30.4 Å². The molecule has 1 saturated heterocycles. The van der Waals surface area contributed by atoms with E-state index in [1.54, 1.807) is 0 Å². The number of hydrogen-bond donors (Lipinski definition) is 1. The quantitative estimate of drug-likeness (QED) is 0.651. The lowest BCUT2D eigenvalue weighted by atomic mass is 9.76. The predicted molar refractivity (Wildman–Crippen MR) is 106 cm³/mol. The van der Waals surface area contributed by atoms with Gasteiger partial charge in [-0.15, -0.1) is 0 Å². The number of pyridine rings is 1. The van der Waals surface area contributed by atoms with Crippen molar-refractivity contribution < 1.29 is 0 Å². The van der Waals surface area contributed by atoms with Gasteiger partial charge in [0, 0.05) is 21.1 Å². The highest BCUT2D eigenvalue weighted by molar-refractivity contribution is 9.10. The normalized spacial score (nSPS) is 21.0. The minimum absolute atomic E-state index is 0.405. The van der Waals surface area contributed by atoms with Crippen LogP contribution in [0.25, 0.3) is 0 Å². The molecule has 0 amide bonds. The number of nitrogens with zero attached hydrogens (tertiary/aromatic N) is 1. The summed E-state index contributed by atoms with van der Waals surface area (Å²) >= 11 is 7.50. The van der Waals surface area contributed by atoms with Crippen LogP contribution in [0.4, 0.5) is 0 Å². The van der Waals surface area contributed by atoms with Crippen LogP contribution in [0, 0.1) is 12.8 Å². The molecule has 2 nitrogen and oxygen atoms in total. The average Bonchev–Trinajstić information content (AvgIpc) is 2.72. The molecule has 0 radical (unpaired) electrons. The van der Waals surface area contributed by atoms with Gasteiger partial charge in [0.25, 0.3) is 0 Å². The number of fused-ring (bicyclic) bond motifs is 2. The summed E-state index contributed by atoms with van der Waals surface area (Å²) in [7, 11) is 0. The molecule has 1 aliphatic carbocycles. The SMILES string of the molecule is Cc1cc(Br)c2c(c1)CCc1cc(Br)cnc1[C@@H]2C1CCNCC1. The number of halogens is 2. The fourth-order valence-electron chi connectivity index (χ4n) is 4.40. The van der Waals surface area contributed by atoms with Gasteiger partial charge in [0.05, 0.1) is 5.69 Å². The van der Waals surface area contributed by atoms with Gasteiger partial charge in [-0.3, -0.25) is 4.98 Å². The first kappa shape index (κ1) is 16.7. The van der Waals surface area contributed by atoms with Crippen molar-refractivity contribution in [1.29, 1.82) is 0 Å². The summed E-state index contributed by atoms with van der Waals surface area (Å²) in [6.45, 7) is 4.43. The van der Waals surface area contributed by atoms with E-state index < -0.39 is 0 Å². The van der Waals surface area contributed by atoms with Gasteiger partial charge in [-0.2, -0.15) is 0 Å². The Kier molecular flexibility index (Phi) is 4.81. The molecule has 24 heavy (non-hydrogen) atoms. The molecule has 126 valence electrons. The molecule has 0 saturated carbocycles. The number of nitrogens with one attached hydrogen (secondary N) is 1. The summed E-state index contributed by atoms with van der Waals surface area (Å²) in [5, 5.41) is 3.51. The zero-order valence-electron chi connectivity index (χ0n) is 13.9. The van der Waals surface area contributed by atoms with Gasteiger partial charge in [-0.25, -0.2) is 0 Å². The Morgan fingerprint density at radius 2 is 1.79 bits per heavy atom. The smallest absolute Gasteiger partial charge is 0.0514 e. The summed E-state index contributed by atoms with van der Waals surface area (Å²) in [6, 6.07) is 6.94. The van der Waals surface area contributed by atoms with E-state index in [0.29, 0.717) is 11.8 Å². The fraction of sp³-hybridized carbons (Fsp3) is 0.450. The monoisotopic (exact) mass is 448 g/mol. The van der Waals surface area contributed by atoms with E-state index in [2.05, 4.69) is 62.3 Å². The first-order valence-electron chi connectivity index (χ1n) is 8.77. The average molecular weight is 450 g/mol. The topological polar surface area (TPSA) is 24.9 Å². The lowest BCUT2D eigenvalue weighted by Gasteiger charge is -2.32. The molecule has 4 heteroatoms. The van der Waals surface area contributed by atoms with Gasteiger partial charge in [0.15, 0.2) is 0 Å². The predicted octanol–water partition coefficient (Wildman–Crippen LogP) is 5.15. The van der Waals surface area contributed by atoms with Crippen LogP contribution >= 0.6 is 31.9 Å². The van der Waals surface area contributed by atoms with E-state index in [9.17, 15) is 0 Å². The Hall–Kier alpha value is -0.710. The second kappa shape index (κ2) is 6.89. The van der Waals surface area contributed by atoms with E-state index in [1.807, 2.05) is 6.20 Å². The number of aromatic nitrogens is 1. The van der Waals surface area contributed by atoms with E-state index in [4.69, 9.17) is 4.98 Å². The molecule has 1 aromatic carbocycles. The molecular formula is C20H22Br2N2. The molecule has 0 unspecified atom stereocenters. The number of piperidine rings is 1. The maximum Gasteiger partial charge on any atom is 0.0514 e. The minimum atomic E-state index is 0.405. The molecule has 1 N–H and O–H groups in total. The van der Waals surface area contributed by atoms with Crippen molar-refractivity contribution in [3.8, 4) is 0 Å². The van der Waals surface area contributed by atoms with Crippen molar-refractivity contribution in [3.05, 3.63) is 61.3 Å². The van der Waals surface area contributed by atoms with Crippen LogP contribution in [0.15, 0.2) is 33.3 Å². The maximum atomic E-state index is 4.91. The molecule has 1 aliphatic heterocycles. The summed E-state index contributed by atoms with van der Waals surface area (Å²) < 4.78 is 2.35. The number of benzene rings is 1. The van der Waals surface area contributed by atoms with Crippen molar-refractivity contribution in [2.75, 3.05) is 13.1 Å². The number of hydrogen-bond acceptors (Lipinski definition) is 2. The zero-order chi connectivity index (χ0) is 16.7. The van der Waals surface area contributed by atoms with Gasteiger partial charge in [-0.05, 0) is 102 Å². The van der Waals surface area contributed by atoms with Crippen molar-refractivity contribution >= 4 is 31.9 Å². The van der Waals surface area contributed by atoms with E-state index in [-0.39, 0.29) is 0 Å². The molecule has 2 aromatic rings. The third-order valence-corrected chi connectivity index (χ3v) is 6.54. The van der Waals surface area contributed by atoms with Gasteiger partial charge in [0.2, 0.25) is 0 Å². The van der Waals surface area contributed by atoms with Crippen molar-refractivity contribution in [2.24, 2.45) is 5.92 Å². The number of aryl methyl sites for hydroxylation is 3. The van der Waals surface area contributed by atoms with E-state index >= 15 is 0 Å². The van der Waals surface area contributed by atoms with E-state index in [1.165, 1.54) is 45.3 Å². The fourth-order valence-corrected chi connectivity index (χ4v) is 5.64. The van der Waals surface area contributed by atoms with Crippen LogP contribution in [-0.4, -0.2) is 18.1 Å². The Morgan fingerprint density at radius 1 is 1.04 bits per heavy atom. The molecule has 1 fully saturated rings. The molecular weight excluding hydrogens is 428 g/mol. The first-order chi connectivity index (χ1) is 11.6. The van der Waals surface area contributed by atoms with Crippen molar-refractivity contribution in [3.63, 3.8) is 0 Å². The van der Waals surface area contributed by atoms with Gasteiger partial charge >= 0.3 is 0 Å². The Morgan fingerprint density at radius 3 is 2.58 bits per heavy atom. The third kappa shape index (κ3) is 3.09. The standard InChI is InChI=1S/C20H22Br2N2/c1-12-8-14-2-3-15-10-16(21)11-24-20(15)19(18(14)17(22)9-12)13-4-6-23-7-5-13/h8-11,13,19,23H,2-7H2,1H3/t19-/m1/s1. The van der Waals surface area contributed by atoms with Crippen molar-refractivity contribution in [2.45, 2.75) is 38.5 Å². The molecule has 0 spiro atoms. The van der Waals surface area contributed by atoms with Crippen LogP contribution in [0.1, 0.15) is 46.7 Å². The summed E-state index contributed by atoms with van der Waals surface area (Å²) in [6.07, 6.45) is 6.59. The second-order valence-electron chi connectivity index (χ2n) is 7.08. The lowest BCUT2D eigenvalue weighted by Crippen LogP contribution is -2.32. The summed E-state index contributed by atoms with van der Waals surface area (Å²) in [5.74, 6) is 1.07. The van der Waals surface area contributed by atoms with Gasteiger partial charge in [0.1, 0.15) is 0 Å². The first-order valence-corrected chi connectivity index (χ1v) is 10.4. The minimum Gasteiger partial charge on any atom is -0.317 e. The second-order valence-corrected chi connectivity index (χ2v) is 8.85. The van der Waals surface area contributed by atoms with Crippen LogP contribution in [-0.2, 0) is 12.8 Å². The van der Waals surface area contributed by atoms with Gasteiger partial charge < -0.3 is 5.32 Å². The molecule has 4 rings (SSSR count). The molecule has 2 heterocycles. The summed E-state index contributed by atoms with van der Waals surface area (Å²) in [5.41, 5.74) is 7.03. The van der Waals surface area contributed by atoms with Crippen LogP contribution in [0.2, 0.25) is 0 Å². The maximum absolute atomic E-state index is 4.91. The number of rotatable bonds is 1. The largest absolute Gasteiger partial charge is 0.317 e. The molecule has 2 aliphatic rings. The summed E-state index contributed by atoms with van der Waals surface area (Å²) in [4.78, 5) is 4.91. The zero-order valence-corrected chi connectivity index (χ0v) is 17.1. The van der Waals surface area contributed by atoms with Crippen LogP contribution < -0.4 is 5.32 Å².